The molecule has 0 bridgehead atoms. The summed E-state index contributed by atoms with van der Waals surface area (Å²) in [4.78, 5) is 12.0. The topological polar surface area (TPSA) is 80.0 Å². The van der Waals surface area contributed by atoms with Crippen molar-refractivity contribution >= 4 is 11.7 Å². The van der Waals surface area contributed by atoms with Crippen molar-refractivity contribution in [3.05, 3.63) is 77.6 Å². The molecule has 2 aromatic heterocycles. The zero-order valence-corrected chi connectivity index (χ0v) is 12.7. The smallest absolute Gasteiger partial charge is 0.272 e. The quantitative estimate of drug-likeness (QED) is 0.728. The minimum Gasteiger partial charge on any atom is -0.467 e. The number of carbonyl (C=O) groups is 1. The Labute approximate surface area is 137 Å². The van der Waals surface area contributed by atoms with E-state index in [0.29, 0.717) is 18.1 Å². The molecular formula is C17H15FN4O2. The zero-order chi connectivity index (χ0) is 16.8. The van der Waals surface area contributed by atoms with Crippen molar-refractivity contribution in [2.24, 2.45) is 0 Å². The summed E-state index contributed by atoms with van der Waals surface area (Å²) in [7, 11) is 0. The number of aromatic nitrogens is 2. The van der Waals surface area contributed by atoms with E-state index in [4.69, 9.17) is 4.42 Å². The molecule has 24 heavy (non-hydrogen) atoms. The van der Waals surface area contributed by atoms with Crippen LogP contribution in [0.25, 0.3) is 0 Å². The summed E-state index contributed by atoms with van der Waals surface area (Å²) >= 11 is 0. The van der Waals surface area contributed by atoms with Crippen LogP contribution in [0, 0.1) is 5.82 Å². The first kappa shape index (κ1) is 15.7. The van der Waals surface area contributed by atoms with Gasteiger partial charge in [0.25, 0.3) is 5.91 Å². The summed E-state index contributed by atoms with van der Waals surface area (Å²) in [6, 6.07) is 12.9. The van der Waals surface area contributed by atoms with Gasteiger partial charge in [0, 0.05) is 6.54 Å². The van der Waals surface area contributed by atoms with E-state index < -0.39 is 0 Å². The van der Waals surface area contributed by atoms with Gasteiger partial charge in [0.2, 0.25) is 0 Å². The summed E-state index contributed by atoms with van der Waals surface area (Å²) in [6.45, 7) is 0.775. The molecule has 2 heterocycles. The maximum absolute atomic E-state index is 12.8. The van der Waals surface area contributed by atoms with E-state index in [1.807, 2.05) is 0 Å². The van der Waals surface area contributed by atoms with Gasteiger partial charge in [0.15, 0.2) is 5.69 Å². The Morgan fingerprint density at radius 1 is 1.04 bits per heavy atom. The average Bonchev–Trinajstić information content (AvgIpc) is 3.13. The van der Waals surface area contributed by atoms with Crippen LogP contribution < -0.4 is 10.6 Å². The highest BCUT2D eigenvalue weighted by Gasteiger charge is 2.08. The van der Waals surface area contributed by atoms with Crippen molar-refractivity contribution in [2.75, 3.05) is 5.32 Å². The molecule has 1 aromatic carbocycles. The van der Waals surface area contributed by atoms with Gasteiger partial charge >= 0.3 is 0 Å². The van der Waals surface area contributed by atoms with Gasteiger partial charge < -0.3 is 15.1 Å². The van der Waals surface area contributed by atoms with Gasteiger partial charge in [0.1, 0.15) is 17.4 Å². The molecule has 0 saturated heterocycles. The molecule has 3 aromatic rings. The van der Waals surface area contributed by atoms with Crippen LogP contribution in [0.5, 0.6) is 0 Å². The predicted octanol–water partition coefficient (Wildman–Crippen LogP) is 2.75. The molecule has 2 N–H and O–H groups in total. The van der Waals surface area contributed by atoms with Gasteiger partial charge in [0.05, 0.1) is 12.8 Å². The van der Waals surface area contributed by atoms with Crippen LogP contribution in [0.4, 0.5) is 10.2 Å². The first-order chi connectivity index (χ1) is 11.7. The molecule has 0 fully saturated rings. The Kier molecular flexibility index (Phi) is 4.81. The van der Waals surface area contributed by atoms with Crippen LogP contribution in [0.3, 0.4) is 0 Å². The first-order valence-electron chi connectivity index (χ1n) is 7.33. The van der Waals surface area contributed by atoms with Crippen molar-refractivity contribution in [3.63, 3.8) is 0 Å². The minimum absolute atomic E-state index is 0.217. The van der Waals surface area contributed by atoms with Gasteiger partial charge in [-0.1, -0.05) is 12.1 Å². The number of nitrogens with zero attached hydrogens (tertiary/aromatic N) is 2. The lowest BCUT2D eigenvalue weighted by molar-refractivity contribution is 0.0942. The van der Waals surface area contributed by atoms with Crippen molar-refractivity contribution in [1.29, 1.82) is 0 Å². The second kappa shape index (κ2) is 7.36. The molecule has 0 aliphatic heterocycles. The van der Waals surface area contributed by atoms with E-state index in [1.54, 1.807) is 42.7 Å². The van der Waals surface area contributed by atoms with Crippen LogP contribution in [0.2, 0.25) is 0 Å². The van der Waals surface area contributed by atoms with E-state index in [9.17, 15) is 9.18 Å². The van der Waals surface area contributed by atoms with E-state index in [-0.39, 0.29) is 24.0 Å². The highest BCUT2D eigenvalue weighted by Crippen LogP contribution is 2.07. The van der Waals surface area contributed by atoms with Crippen molar-refractivity contribution < 1.29 is 13.6 Å². The molecule has 0 aliphatic rings. The molecule has 0 aliphatic carbocycles. The third-order valence-corrected chi connectivity index (χ3v) is 3.29. The van der Waals surface area contributed by atoms with Crippen LogP contribution in [0.1, 0.15) is 21.8 Å². The van der Waals surface area contributed by atoms with Crippen LogP contribution in [-0.4, -0.2) is 16.1 Å². The molecular weight excluding hydrogens is 311 g/mol. The predicted molar refractivity (Wildman–Crippen MR) is 85.6 cm³/mol. The van der Waals surface area contributed by atoms with Gasteiger partial charge in [-0.15, -0.1) is 10.2 Å². The molecule has 122 valence electrons. The van der Waals surface area contributed by atoms with Gasteiger partial charge in [-0.3, -0.25) is 4.79 Å². The van der Waals surface area contributed by atoms with Gasteiger partial charge in [-0.05, 0) is 42.0 Å². The average molecular weight is 326 g/mol. The number of furan rings is 1. The third kappa shape index (κ3) is 4.16. The summed E-state index contributed by atoms with van der Waals surface area (Å²) in [5.74, 6) is 0.586. The lowest BCUT2D eigenvalue weighted by atomic mass is 10.2. The van der Waals surface area contributed by atoms with Crippen molar-refractivity contribution in [2.45, 2.75) is 13.1 Å². The standard InChI is InChI=1S/C17H15FN4O2/c18-13-5-3-12(4-6-13)10-19-16-8-7-15(21-22-16)17(23)20-11-14-2-1-9-24-14/h1-9H,10-11H2,(H,19,22)(H,20,23). The number of benzene rings is 1. The Morgan fingerprint density at radius 2 is 1.88 bits per heavy atom. The lowest BCUT2D eigenvalue weighted by Crippen LogP contribution is -2.24. The number of halogens is 1. The molecule has 1 amide bonds. The maximum atomic E-state index is 12.8. The molecule has 3 rings (SSSR count). The number of nitrogens with one attached hydrogen (secondary N) is 2. The normalized spacial score (nSPS) is 10.4. The van der Waals surface area contributed by atoms with E-state index in [0.717, 1.165) is 5.56 Å². The maximum Gasteiger partial charge on any atom is 0.272 e. The molecule has 0 atom stereocenters. The summed E-state index contributed by atoms with van der Waals surface area (Å²) in [6.07, 6.45) is 1.54. The Bertz CT molecular complexity index is 786. The Hall–Kier alpha value is -3.22. The molecule has 0 spiro atoms. The second-order valence-electron chi connectivity index (χ2n) is 5.05. The largest absolute Gasteiger partial charge is 0.467 e. The van der Waals surface area contributed by atoms with Gasteiger partial charge in [-0.25, -0.2) is 4.39 Å². The minimum atomic E-state index is -0.330. The SMILES string of the molecule is O=C(NCc1ccco1)c1ccc(NCc2ccc(F)cc2)nn1. The molecule has 7 heteroatoms. The fourth-order valence-electron chi connectivity index (χ4n) is 2.01. The number of carbonyl (C=O) groups excluding carboxylic acids is 1. The van der Waals surface area contributed by atoms with Crippen LogP contribution >= 0.6 is 0 Å². The monoisotopic (exact) mass is 326 g/mol. The molecule has 0 unspecified atom stereocenters. The second-order valence-corrected chi connectivity index (χ2v) is 5.05. The van der Waals surface area contributed by atoms with Crippen LogP contribution in [0.15, 0.2) is 59.2 Å². The number of rotatable bonds is 6. The number of hydrogen-bond donors (Lipinski definition) is 2. The number of hydrogen-bond acceptors (Lipinski definition) is 5. The van der Waals surface area contributed by atoms with E-state index >= 15 is 0 Å². The van der Waals surface area contributed by atoms with E-state index in [1.165, 1.54) is 12.1 Å². The van der Waals surface area contributed by atoms with E-state index in [2.05, 4.69) is 20.8 Å². The molecule has 0 radical (unpaired) electrons. The zero-order valence-electron chi connectivity index (χ0n) is 12.7. The number of anilines is 1. The van der Waals surface area contributed by atoms with Crippen molar-refractivity contribution in [3.8, 4) is 0 Å². The summed E-state index contributed by atoms with van der Waals surface area (Å²) in [5, 5.41) is 13.6. The third-order valence-electron chi connectivity index (χ3n) is 3.29. The Morgan fingerprint density at radius 3 is 2.54 bits per heavy atom. The van der Waals surface area contributed by atoms with Crippen LogP contribution in [-0.2, 0) is 13.1 Å². The van der Waals surface area contributed by atoms with Gasteiger partial charge in [-0.2, -0.15) is 0 Å². The summed E-state index contributed by atoms with van der Waals surface area (Å²) < 4.78 is 18.0. The summed E-state index contributed by atoms with van der Waals surface area (Å²) in [5.41, 5.74) is 1.13. The highest BCUT2D eigenvalue weighted by molar-refractivity contribution is 5.92. The highest BCUT2D eigenvalue weighted by atomic mass is 19.1. The first-order valence-corrected chi connectivity index (χ1v) is 7.33. The Balaban J connectivity index is 1.52. The molecule has 0 saturated carbocycles. The number of amides is 1. The van der Waals surface area contributed by atoms with Crippen molar-refractivity contribution in [1.82, 2.24) is 15.5 Å². The fraction of sp³-hybridized carbons (Fsp3) is 0.118. The fourth-order valence-corrected chi connectivity index (χ4v) is 2.01. The molecule has 6 nitrogen and oxygen atoms in total. The lowest BCUT2D eigenvalue weighted by Gasteiger charge is -2.06.